The van der Waals surface area contributed by atoms with E-state index in [1.165, 1.54) is 0 Å². The second-order valence-corrected chi connectivity index (χ2v) is 6.84. The summed E-state index contributed by atoms with van der Waals surface area (Å²) in [7, 11) is -0.391. The Morgan fingerprint density at radius 3 is 1.95 bits per heavy atom. The zero-order chi connectivity index (χ0) is 15.8. The van der Waals surface area contributed by atoms with Gasteiger partial charge >= 0.3 is 7.12 Å². The number of nitrogens with one attached hydrogen (secondary N) is 1. The molecule has 1 aromatic rings. The standard InChI is InChI=1S/C16H24BNO3/c1-11(2)18-14(19)12-7-9-13(10-8-12)17-20-15(3,4)16(5,6)21-17/h7-11H,1-6H3,(H,18,19). The van der Waals surface area contributed by atoms with Crippen molar-refractivity contribution in [2.24, 2.45) is 0 Å². The Kier molecular flexibility index (Phi) is 4.18. The number of hydrogen-bond acceptors (Lipinski definition) is 3. The van der Waals surface area contributed by atoms with Gasteiger partial charge in [-0.15, -0.1) is 0 Å². The fourth-order valence-corrected chi connectivity index (χ4v) is 2.12. The summed E-state index contributed by atoms with van der Waals surface area (Å²) < 4.78 is 12.0. The molecule has 1 fully saturated rings. The van der Waals surface area contributed by atoms with E-state index in [9.17, 15) is 4.79 Å². The molecule has 0 aliphatic carbocycles. The fraction of sp³-hybridized carbons (Fsp3) is 0.562. The molecule has 21 heavy (non-hydrogen) atoms. The maximum atomic E-state index is 11.9. The van der Waals surface area contributed by atoms with Crippen LogP contribution in [0.4, 0.5) is 0 Å². The first-order valence-electron chi connectivity index (χ1n) is 7.39. The molecule has 0 radical (unpaired) electrons. The maximum Gasteiger partial charge on any atom is 0.494 e. The van der Waals surface area contributed by atoms with Crippen LogP contribution in [-0.2, 0) is 9.31 Å². The van der Waals surface area contributed by atoms with Crippen molar-refractivity contribution in [1.29, 1.82) is 0 Å². The summed E-state index contributed by atoms with van der Waals surface area (Å²) in [4.78, 5) is 11.9. The molecule has 5 heteroatoms. The molecule has 0 spiro atoms. The molecule has 114 valence electrons. The largest absolute Gasteiger partial charge is 0.494 e. The normalized spacial score (nSPS) is 19.9. The Hall–Kier alpha value is -1.33. The smallest absolute Gasteiger partial charge is 0.399 e. The van der Waals surface area contributed by atoms with Crippen LogP contribution in [0.2, 0.25) is 0 Å². The summed E-state index contributed by atoms with van der Waals surface area (Å²) in [6.07, 6.45) is 0. The quantitative estimate of drug-likeness (QED) is 0.867. The van der Waals surface area contributed by atoms with Gasteiger partial charge in [-0.1, -0.05) is 12.1 Å². The van der Waals surface area contributed by atoms with Crippen LogP contribution in [0.5, 0.6) is 0 Å². The highest BCUT2D eigenvalue weighted by molar-refractivity contribution is 6.62. The third kappa shape index (κ3) is 3.30. The molecule has 1 N–H and O–H groups in total. The van der Waals surface area contributed by atoms with Gasteiger partial charge in [0.1, 0.15) is 0 Å². The van der Waals surface area contributed by atoms with Gasteiger partial charge in [-0.3, -0.25) is 4.79 Å². The topological polar surface area (TPSA) is 47.6 Å². The minimum Gasteiger partial charge on any atom is -0.399 e. The molecule has 1 aliphatic rings. The number of rotatable bonds is 3. The minimum atomic E-state index is -0.391. The molecule has 0 aromatic heterocycles. The summed E-state index contributed by atoms with van der Waals surface area (Å²) >= 11 is 0. The number of carbonyl (C=O) groups excluding carboxylic acids is 1. The highest BCUT2D eigenvalue weighted by Gasteiger charge is 2.51. The molecule has 1 amide bonds. The van der Waals surface area contributed by atoms with Crippen LogP contribution in [0, 0.1) is 0 Å². The lowest BCUT2D eigenvalue weighted by Crippen LogP contribution is -2.41. The predicted molar refractivity (Wildman–Crippen MR) is 84.8 cm³/mol. The molecule has 0 bridgehead atoms. The van der Waals surface area contributed by atoms with Gasteiger partial charge in [-0.25, -0.2) is 0 Å². The van der Waals surface area contributed by atoms with E-state index < -0.39 is 7.12 Å². The van der Waals surface area contributed by atoms with E-state index in [0.717, 1.165) is 5.46 Å². The van der Waals surface area contributed by atoms with E-state index in [2.05, 4.69) is 5.32 Å². The Balaban J connectivity index is 2.12. The van der Waals surface area contributed by atoms with Gasteiger partial charge in [0.2, 0.25) is 0 Å². The fourth-order valence-electron chi connectivity index (χ4n) is 2.12. The Morgan fingerprint density at radius 1 is 1.05 bits per heavy atom. The lowest BCUT2D eigenvalue weighted by atomic mass is 9.79. The first kappa shape index (κ1) is 16.1. The molecule has 1 heterocycles. The van der Waals surface area contributed by atoms with Crippen LogP contribution in [-0.4, -0.2) is 30.3 Å². The van der Waals surface area contributed by atoms with Crippen molar-refractivity contribution in [2.75, 3.05) is 0 Å². The van der Waals surface area contributed by atoms with Crippen molar-refractivity contribution in [1.82, 2.24) is 5.32 Å². The van der Waals surface area contributed by atoms with Crippen LogP contribution < -0.4 is 10.8 Å². The SMILES string of the molecule is CC(C)NC(=O)c1ccc(B2OC(C)(C)C(C)(C)O2)cc1. The number of benzene rings is 1. The molecule has 2 rings (SSSR count). The van der Waals surface area contributed by atoms with Gasteiger partial charge in [-0.05, 0) is 59.1 Å². The van der Waals surface area contributed by atoms with E-state index in [1.54, 1.807) is 12.1 Å². The molecule has 4 nitrogen and oxygen atoms in total. The summed E-state index contributed by atoms with van der Waals surface area (Å²) in [5, 5.41) is 2.87. The number of carbonyl (C=O) groups is 1. The zero-order valence-electron chi connectivity index (χ0n) is 13.7. The molecule has 1 aliphatic heterocycles. The van der Waals surface area contributed by atoms with E-state index in [-0.39, 0.29) is 23.2 Å². The van der Waals surface area contributed by atoms with Crippen molar-refractivity contribution in [3.63, 3.8) is 0 Å². The second kappa shape index (κ2) is 5.46. The van der Waals surface area contributed by atoms with Crippen molar-refractivity contribution in [3.8, 4) is 0 Å². The molecular weight excluding hydrogens is 265 g/mol. The zero-order valence-corrected chi connectivity index (χ0v) is 13.7. The van der Waals surface area contributed by atoms with Crippen LogP contribution in [0.3, 0.4) is 0 Å². The van der Waals surface area contributed by atoms with Crippen molar-refractivity contribution >= 4 is 18.5 Å². The van der Waals surface area contributed by atoms with Gasteiger partial charge in [0, 0.05) is 11.6 Å². The molecule has 0 saturated carbocycles. The number of amides is 1. The second-order valence-electron chi connectivity index (χ2n) is 6.84. The van der Waals surface area contributed by atoms with Gasteiger partial charge in [0.25, 0.3) is 5.91 Å². The van der Waals surface area contributed by atoms with Gasteiger partial charge < -0.3 is 14.6 Å². The van der Waals surface area contributed by atoms with Gasteiger partial charge in [-0.2, -0.15) is 0 Å². The highest BCUT2D eigenvalue weighted by atomic mass is 16.7. The summed E-state index contributed by atoms with van der Waals surface area (Å²) in [5.41, 5.74) is 0.857. The Bertz CT molecular complexity index is 507. The first-order valence-corrected chi connectivity index (χ1v) is 7.39. The van der Waals surface area contributed by atoms with Gasteiger partial charge in [0.15, 0.2) is 0 Å². The summed E-state index contributed by atoms with van der Waals surface area (Å²) in [5.74, 6) is -0.0644. The average molecular weight is 289 g/mol. The highest BCUT2D eigenvalue weighted by Crippen LogP contribution is 2.36. The summed E-state index contributed by atoms with van der Waals surface area (Å²) in [6, 6.07) is 7.51. The van der Waals surface area contributed by atoms with Crippen LogP contribution in [0.25, 0.3) is 0 Å². The maximum absolute atomic E-state index is 11.9. The third-order valence-corrected chi connectivity index (χ3v) is 4.12. The van der Waals surface area contributed by atoms with Gasteiger partial charge in [0.05, 0.1) is 11.2 Å². The van der Waals surface area contributed by atoms with E-state index in [0.29, 0.717) is 5.56 Å². The van der Waals surface area contributed by atoms with Crippen LogP contribution >= 0.6 is 0 Å². The Labute approximate surface area is 127 Å². The molecule has 1 saturated heterocycles. The third-order valence-electron chi connectivity index (χ3n) is 4.12. The van der Waals surface area contributed by atoms with E-state index >= 15 is 0 Å². The van der Waals surface area contributed by atoms with Crippen molar-refractivity contribution in [2.45, 2.75) is 58.8 Å². The van der Waals surface area contributed by atoms with E-state index in [1.807, 2.05) is 53.7 Å². The minimum absolute atomic E-state index is 0.0644. The monoisotopic (exact) mass is 289 g/mol. The Morgan fingerprint density at radius 2 is 1.52 bits per heavy atom. The molecule has 1 aromatic carbocycles. The molecular formula is C16H24BNO3. The van der Waals surface area contributed by atoms with Crippen LogP contribution in [0.15, 0.2) is 24.3 Å². The predicted octanol–water partition coefficient (Wildman–Crippen LogP) is 2.12. The molecule has 0 atom stereocenters. The van der Waals surface area contributed by atoms with Crippen LogP contribution in [0.1, 0.15) is 51.9 Å². The van der Waals surface area contributed by atoms with E-state index in [4.69, 9.17) is 9.31 Å². The average Bonchev–Trinajstić information content (AvgIpc) is 2.58. The van der Waals surface area contributed by atoms with Crippen molar-refractivity contribution in [3.05, 3.63) is 29.8 Å². The summed E-state index contributed by atoms with van der Waals surface area (Å²) in [6.45, 7) is 12.0. The lowest BCUT2D eigenvalue weighted by molar-refractivity contribution is 0.00578. The lowest BCUT2D eigenvalue weighted by Gasteiger charge is -2.32. The van der Waals surface area contributed by atoms with Crippen molar-refractivity contribution < 1.29 is 14.1 Å². The number of hydrogen-bond donors (Lipinski definition) is 1. The molecule has 0 unspecified atom stereocenters. The first-order chi connectivity index (χ1) is 9.62.